The maximum Gasteiger partial charge on any atom is 0.132 e. The Labute approximate surface area is 116 Å². The zero-order valence-electron chi connectivity index (χ0n) is 12.2. The predicted octanol–water partition coefficient (Wildman–Crippen LogP) is 2.53. The van der Waals surface area contributed by atoms with Crippen molar-refractivity contribution >= 4 is 5.82 Å². The maximum absolute atomic E-state index is 6.26. The highest BCUT2D eigenvalue weighted by Crippen LogP contribution is 2.24. The van der Waals surface area contributed by atoms with Gasteiger partial charge in [-0.15, -0.1) is 0 Å². The van der Waals surface area contributed by atoms with Crippen LogP contribution in [0.5, 0.6) is 0 Å². The molecule has 0 aromatic carbocycles. The molecule has 0 saturated heterocycles. The van der Waals surface area contributed by atoms with Crippen molar-refractivity contribution in [2.24, 2.45) is 11.7 Å². The van der Waals surface area contributed by atoms with Gasteiger partial charge < -0.3 is 11.1 Å². The lowest BCUT2D eigenvalue weighted by Gasteiger charge is -2.23. The Morgan fingerprint density at radius 3 is 2.68 bits per heavy atom. The Morgan fingerprint density at radius 2 is 1.95 bits per heavy atom. The van der Waals surface area contributed by atoms with Crippen LogP contribution in [0, 0.1) is 5.92 Å². The summed E-state index contributed by atoms with van der Waals surface area (Å²) in [5.41, 5.74) is 8.79. The van der Waals surface area contributed by atoms with E-state index in [-0.39, 0.29) is 6.04 Å². The van der Waals surface area contributed by atoms with Gasteiger partial charge >= 0.3 is 0 Å². The highest BCUT2D eigenvalue weighted by Gasteiger charge is 2.17. The monoisotopic (exact) mass is 262 g/mol. The molecule has 0 bridgehead atoms. The van der Waals surface area contributed by atoms with Crippen LogP contribution in [-0.4, -0.2) is 22.6 Å². The molecule has 1 aliphatic rings. The summed E-state index contributed by atoms with van der Waals surface area (Å²) in [6, 6.07) is 0.198. The van der Waals surface area contributed by atoms with E-state index in [4.69, 9.17) is 5.73 Å². The van der Waals surface area contributed by atoms with E-state index in [0.29, 0.717) is 5.92 Å². The number of anilines is 1. The summed E-state index contributed by atoms with van der Waals surface area (Å²) in [4.78, 5) is 8.79. The van der Waals surface area contributed by atoms with Gasteiger partial charge in [-0.05, 0) is 31.6 Å². The zero-order chi connectivity index (χ0) is 13.7. The molecule has 4 heteroatoms. The maximum atomic E-state index is 6.26. The van der Waals surface area contributed by atoms with E-state index in [9.17, 15) is 0 Å². The fraction of sp³-hybridized carbons (Fsp3) is 0.733. The van der Waals surface area contributed by atoms with Crippen molar-refractivity contribution in [2.75, 3.05) is 11.9 Å². The second-order valence-corrected chi connectivity index (χ2v) is 5.48. The fourth-order valence-corrected chi connectivity index (χ4v) is 2.95. The summed E-state index contributed by atoms with van der Waals surface area (Å²) in [5, 5.41) is 3.45. The molecule has 106 valence electrons. The van der Waals surface area contributed by atoms with E-state index in [1.165, 1.54) is 24.1 Å². The molecule has 1 aromatic heterocycles. The molecular formula is C15H26N4. The molecule has 19 heavy (non-hydrogen) atoms. The summed E-state index contributed by atoms with van der Waals surface area (Å²) in [7, 11) is 0. The van der Waals surface area contributed by atoms with E-state index in [0.717, 1.165) is 38.0 Å². The smallest absolute Gasteiger partial charge is 0.132 e. The molecule has 0 amide bonds. The van der Waals surface area contributed by atoms with Gasteiger partial charge in [-0.25, -0.2) is 9.97 Å². The van der Waals surface area contributed by atoms with Gasteiger partial charge in [-0.2, -0.15) is 0 Å². The second-order valence-electron chi connectivity index (χ2n) is 5.48. The van der Waals surface area contributed by atoms with Gasteiger partial charge in [0.2, 0.25) is 0 Å². The zero-order valence-corrected chi connectivity index (χ0v) is 12.2. The molecule has 1 unspecified atom stereocenters. The molecule has 0 aliphatic heterocycles. The first kappa shape index (κ1) is 14.3. The van der Waals surface area contributed by atoms with Crippen LogP contribution in [0.4, 0.5) is 5.82 Å². The Balaban J connectivity index is 2.00. The normalized spacial score (nSPS) is 16.2. The SMILES string of the molecule is CCC(CC)C(N)CNc1ncnc2c1CCCC2. The van der Waals surface area contributed by atoms with E-state index >= 15 is 0 Å². The molecular weight excluding hydrogens is 236 g/mol. The molecule has 3 N–H and O–H groups in total. The summed E-state index contributed by atoms with van der Waals surface area (Å²) >= 11 is 0. The van der Waals surface area contributed by atoms with E-state index in [1.807, 2.05) is 0 Å². The number of aryl methyl sites for hydroxylation is 1. The van der Waals surface area contributed by atoms with Crippen LogP contribution in [0.2, 0.25) is 0 Å². The number of fused-ring (bicyclic) bond motifs is 1. The average molecular weight is 262 g/mol. The Kier molecular flexibility index (Phi) is 5.14. The lowest BCUT2D eigenvalue weighted by atomic mass is 9.94. The van der Waals surface area contributed by atoms with Crippen molar-refractivity contribution < 1.29 is 0 Å². The third-order valence-corrected chi connectivity index (χ3v) is 4.28. The van der Waals surface area contributed by atoms with Crippen LogP contribution in [-0.2, 0) is 12.8 Å². The largest absolute Gasteiger partial charge is 0.368 e. The van der Waals surface area contributed by atoms with Crippen molar-refractivity contribution in [1.29, 1.82) is 0 Å². The van der Waals surface area contributed by atoms with Gasteiger partial charge in [0.25, 0.3) is 0 Å². The summed E-state index contributed by atoms with van der Waals surface area (Å²) in [6.07, 6.45) is 8.63. The van der Waals surface area contributed by atoms with Crippen molar-refractivity contribution in [3.8, 4) is 0 Å². The number of aromatic nitrogens is 2. The van der Waals surface area contributed by atoms with Crippen molar-refractivity contribution in [1.82, 2.24) is 9.97 Å². The standard InChI is InChI=1S/C15H26N4/c1-3-11(4-2)13(16)9-17-15-12-7-5-6-8-14(12)18-10-19-15/h10-11,13H,3-9,16H2,1-2H3,(H,17,18,19). The van der Waals surface area contributed by atoms with Gasteiger partial charge in [0, 0.05) is 23.8 Å². The quantitative estimate of drug-likeness (QED) is 0.827. The summed E-state index contributed by atoms with van der Waals surface area (Å²) in [6.45, 7) is 5.22. The van der Waals surface area contributed by atoms with E-state index in [2.05, 4.69) is 29.1 Å². The molecule has 1 heterocycles. The van der Waals surface area contributed by atoms with Crippen LogP contribution in [0.15, 0.2) is 6.33 Å². The third kappa shape index (κ3) is 3.44. The van der Waals surface area contributed by atoms with Crippen LogP contribution < -0.4 is 11.1 Å². The minimum Gasteiger partial charge on any atom is -0.368 e. The predicted molar refractivity (Wildman–Crippen MR) is 79.2 cm³/mol. The Morgan fingerprint density at radius 1 is 1.21 bits per heavy atom. The first-order chi connectivity index (χ1) is 9.26. The number of nitrogens with two attached hydrogens (primary N) is 1. The molecule has 4 nitrogen and oxygen atoms in total. The van der Waals surface area contributed by atoms with E-state index < -0.39 is 0 Å². The number of rotatable bonds is 6. The number of nitrogens with one attached hydrogen (secondary N) is 1. The Hall–Kier alpha value is -1.16. The highest BCUT2D eigenvalue weighted by molar-refractivity contribution is 5.47. The lowest BCUT2D eigenvalue weighted by molar-refractivity contribution is 0.407. The van der Waals surface area contributed by atoms with Crippen LogP contribution in [0.25, 0.3) is 0 Å². The first-order valence-electron chi connectivity index (χ1n) is 7.58. The molecule has 2 rings (SSSR count). The van der Waals surface area contributed by atoms with Crippen molar-refractivity contribution in [3.63, 3.8) is 0 Å². The molecule has 1 atom stereocenters. The lowest BCUT2D eigenvalue weighted by Crippen LogP contribution is -2.36. The second kappa shape index (κ2) is 6.85. The molecule has 0 saturated carbocycles. The number of hydrogen-bond acceptors (Lipinski definition) is 4. The van der Waals surface area contributed by atoms with Gasteiger partial charge in [-0.3, -0.25) is 0 Å². The third-order valence-electron chi connectivity index (χ3n) is 4.28. The minimum atomic E-state index is 0.198. The minimum absolute atomic E-state index is 0.198. The topological polar surface area (TPSA) is 63.8 Å². The first-order valence-corrected chi connectivity index (χ1v) is 7.58. The molecule has 0 radical (unpaired) electrons. The Bertz CT molecular complexity index is 401. The van der Waals surface area contributed by atoms with Crippen LogP contribution >= 0.6 is 0 Å². The molecule has 0 fully saturated rings. The molecule has 0 spiro atoms. The number of nitrogens with zero attached hydrogens (tertiary/aromatic N) is 2. The number of hydrogen-bond donors (Lipinski definition) is 2. The van der Waals surface area contributed by atoms with Crippen molar-refractivity contribution in [3.05, 3.63) is 17.6 Å². The fourth-order valence-electron chi connectivity index (χ4n) is 2.95. The molecule has 1 aliphatic carbocycles. The van der Waals surface area contributed by atoms with Gasteiger partial charge in [-0.1, -0.05) is 26.7 Å². The summed E-state index contributed by atoms with van der Waals surface area (Å²) < 4.78 is 0. The molecule has 1 aromatic rings. The van der Waals surface area contributed by atoms with Crippen molar-refractivity contribution in [2.45, 2.75) is 58.4 Å². The highest BCUT2D eigenvalue weighted by atomic mass is 15.0. The van der Waals surface area contributed by atoms with Gasteiger partial charge in [0.1, 0.15) is 12.1 Å². The average Bonchev–Trinajstić information content (AvgIpc) is 2.46. The van der Waals surface area contributed by atoms with Crippen LogP contribution in [0.1, 0.15) is 50.8 Å². The summed E-state index contributed by atoms with van der Waals surface area (Å²) in [5.74, 6) is 1.59. The van der Waals surface area contributed by atoms with Gasteiger partial charge in [0.15, 0.2) is 0 Å². The van der Waals surface area contributed by atoms with Gasteiger partial charge in [0.05, 0.1) is 0 Å². The van der Waals surface area contributed by atoms with E-state index in [1.54, 1.807) is 6.33 Å². The van der Waals surface area contributed by atoms with Crippen LogP contribution in [0.3, 0.4) is 0 Å².